The molecule has 0 saturated heterocycles. The topological polar surface area (TPSA) is 55.1 Å². The van der Waals surface area contributed by atoms with Crippen molar-refractivity contribution in [3.8, 4) is 0 Å². The molecule has 5 unspecified atom stereocenters. The third-order valence-corrected chi connectivity index (χ3v) is 5.32. The van der Waals surface area contributed by atoms with Crippen molar-refractivity contribution in [3.05, 3.63) is 0 Å². The van der Waals surface area contributed by atoms with Crippen molar-refractivity contribution in [2.45, 2.75) is 77.3 Å². The number of nitrogens with one attached hydrogen (secondary N) is 1. The highest BCUT2D eigenvalue weighted by Gasteiger charge is 2.31. The van der Waals surface area contributed by atoms with Crippen molar-refractivity contribution >= 4 is 5.91 Å². The lowest BCUT2D eigenvalue weighted by atomic mass is 9.79. The van der Waals surface area contributed by atoms with Crippen LogP contribution in [0.2, 0.25) is 0 Å². The van der Waals surface area contributed by atoms with E-state index in [0.717, 1.165) is 25.7 Å². The van der Waals surface area contributed by atoms with Crippen LogP contribution in [-0.4, -0.2) is 18.0 Å². The molecule has 0 aromatic carbocycles. The first-order valence-corrected chi connectivity index (χ1v) is 8.14. The molecule has 0 heterocycles. The van der Waals surface area contributed by atoms with E-state index in [1.165, 1.54) is 25.7 Å². The van der Waals surface area contributed by atoms with Crippen LogP contribution in [0.3, 0.4) is 0 Å². The van der Waals surface area contributed by atoms with Crippen LogP contribution in [0.1, 0.15) is 65.2 Å². The molecule has 2 aliphatic rings. The van der Waals surface area contributed by atoms with E-state index >= 15 is 0 Å². The fraction of sp³-hybridized carbons (Fsp3) is 0.938. The predicted octanol–water partition coefficient (Wildman–Crippen LogP) is 2.83. The quantitative estimate of drug-likeness (QED) is 0.755. The second-order valence-electron chi connectivity index (χ2n) is 6.88. The molecule has 0 radical (unpaired) electrons. The maximum Gasteiger partial charge on any atom is 0.223 e. The zero-order chi connectivity index (χ0) is 13.8. The Labute approximate surface area is 117 Å². The lowest BCUT2D eigenvalue weighted by Gasteiger charge is -2.33. The van der Waals surface area contributed by atoms with Gasteiger partial charge in [-0.15, -0.1) is 0 Å². The van der Waals surface area contributed by atoms with Crippen LogP contribution < -0.4 is 11.1 Å². The summed E-state index contributed by atoms with van der Waals surface area (Å²) in [4.78, 5) is 12.4. The molecule has 2 aliphatic carbocycles. The lowest BCUT2D eigenvalue weighted by molar-refractivity contribution is -0.127. The fourth-order valence-corrected chi connectivity index (χ4v) is 3.60. The van der Waals surface area contributed by atoms with Gasteiger partial charge in [0, 0.05) is 18.0 Å². The molecule has 3 nitrogen and oxygen atoms in total. The SMILES string of the molecule is CC1CCC(C(=O)NC2CCCCCC2C)CC1N. The van der Waals surface area contributed by atoms with Crippen LogP contribution in [0.5, 0.6) is 0 Å². The zero-order valence-corrected chi connectivity index (χ0v) is 12.5. The van der Waals surface area contributed by atoms with Gasteiger partial charge in [0.05, 0.1) is 0 Å². The fourth-order valence-electron chi connectivity index (χ4n) is 3.60. The Morgan fingerprint density at radius 2 is 1.74 bits per heavy atom. The Kier molecular flexibility index (Phi) is 5.26. The second kappa shape index (κ2) is 6.74. The molecule has 2 saturated carbocycles. The normalized spacial score (nSPS) is 40.5. The number of nitrogens with two attached hydrogens (primary N) is 1. The molecule has 0 spiro atoms. The smallest absolute Gasteiger partial charge is 0.223 e. The summed E-state index contributed by atoms with van der Waals surface area (Å²) < 4.78 is 0. The number of carbonyl (C=O) groups is 1. The molecule has 1 amide bonds. The highest BCUT2D eigenvalue weighted by Crippen LogP contribution is 2.29. The molecule has 0 aromatic heterocycles. The Bertz CT molecular complexity index is 305. The number of hydrogen-bond acceptors (Lipinski definition) is 2. The first-order chi connectivity index (χ1) is 9.08. The van der Waals surface area contributed by atoms with Gasteiger partial charge in [-0.1, -0.05) is 33.1 Å². The van der Waals surface area contributed by atoms with Gasteiger partial charge in [-0.2, -0.15) is 0 Å². The second-order valence-corrected chi connectivity index (χ2v) is 6.88. The van der Waals surface area contributed by atoms with Gasteiger partial charge in [-0.05, 0) is 43.9 Å². The van der Waals surface area contributed by atoms with Gasteiger partial charge >= 0.3 is 0 Å². The van der Waals surface area contributed by atoms with Crippen LogP contribution in [0, 0.1) is 17.8 Å². The third kappa shape index (κ3) is 3.95. The minimum absolute atomic E-state index is 0.154. The monoisotopic (exact) mass is 266 g/mol. The Morgan fingerprint density at radius 3 is 2.47 bits per heavy atom. The van der Waals surface area contributed by atoms with E-state index in [4.69, 9.17) is 5.73 Å². The average molecular weight is 266 g/mol. The van der Waals surface area contributed by atoms with Crippen LogP contribution in [0.25, 0.3) is 0 Å². The van der Waals surface area contributed by atoms with Gasteiger partial charge in [0.2, 0.25) is 5.91 Å². The number of rotatable bonds is 2. The van der Waals surface area contributed by atoms with Crippen molar-refractivity contribution in [2.75, 3.05) is 0 Å². The van der Waals surface area contributed by atoms with Crippen molar-refractivity contribution in [1.29, 1.82) is 0 Å². The van der Waals surface area contributed by atoms with Crippen LogP contribution >= 0.6 is 0 Å². The van der Waals surface area contributed by atoms with Gasteiger partial charge in [0.1, 0.15) is 0 Å². The summed E-state index contributed by atoms with van der Waals surface area (Å²) in [5.41, 5.74) is 6.11. The first-order valence-electron chi connectivity index (χ1n) is 8.14. The van der Waals surface area contributed by atoms with Crippen LogP contribution in [0.4, 0.5) is 0 Å². The van der Waals surface area contributed by atoms with Crippen molar-refractivity contribution in [2.24, 2.45) is 23.5 Å². The van der Waals surface area contributed by atoms with E-state index < -0.39 is 0 Å². The number of hydrogen-bond donors (Lipinski definition) is 2. The first kappa shape index (κ1) is 14.8. The molecular formula is C16H30N2O. The van der Waals surface area contributed by atoms with E-state index in [1.54, 1.807) is 0 Å². The van der Waals surface area contributed by atoms with Crippen LogP contribution in [0.15, 0.2) is 0 Å². The minimum atomic E-state index is 0.154. The molecule has 19 heavy (non-hydrogen) atoms. The van der Waals surface area contributed by atoms with Crippen LogP contribution in [-0.2, 0) is 4.79 Å². The Hall–Kier alpha value is -0.570. The molecule has 5 atom stereocenters. The molecule has 2 rings (SSSR count). The van der Waals surface area contributed by atoms with E-state index in [9.17, 15) is 4.79 Å². The van der Waals surface area contributed by atoms with Crippen molar-refractivity contribution in [1.82, 2.24) is 5.32 Å². The van der Waals surface area contributed by atoms with Gasteiger partial charge in [0.25, 0.3) is 0 Å². The zero-order valence-electron chi connectivity index (χ0n) is 12.5. The van der Waals surface area contributed by atoms with E-state index in [2.05, 4.69) is 19.2 Å². The molecule has 0 aromatic rings. The molecule has 3 heteroatoms. The van der Waals surface area contributed by atoms with Gasteiger partial charge in [-0.3, -0.25) is 4.79 Å². The Morgan fingerprint density at radius 1 is 1.00 bits per heavy atom. The molecule has 110 valence electrons. The molecule has 0 aliphatic heterocycles. The summed E-state index contributed by atoms with van der Waals surface area (Å²) >= 11 is 0. The molecule has 3 N–H and O–H groups in total. The summed E-state index contributed by atoms with van der Waals surface area (Å²) in [6.07, 6.45) is 9.29. The summed E-state index contributed by atoms with van der Waals surface area (Å²) in [7, 11) is 0. The molecular weight excluding hydrogens is 236 g/mol. The maximum atomic E-state index is 12.4. The minimum Gasteiger partial charge on any atom is -0.353 e. The lowest BCUT2D eigenvalue weighted by Crippen LogP contribution is -2.46. The molecule has 2 fully saturated rings. The van der Waals surface area contributed by atoms with Gasteiger partial charge in [-0.25, -0.2) is 0 Å². The maximum absolute atomic E-state index is 12.4. The predicted molar refractivity (Wildman–Crippen MR) is 78.7 cm³/mol. The van der Waals surface area contributed by atoms with Crippen molar-refractivity contribution in [3.63, 3.8) is 0 Å². The Balaban J connectivity index is 1.86. The average Bonchev–Trinajstić information content (AvgIpc) is 2.58. The summed E-state index contributed by atoms with van der Waals surface area (Å²) in [6.45, 7) is 4.48. The largest absolute Gasteiger partial charge is 0.353 e. The standard InChI is InChI=1S/C16H30N2O/c1-11-8-9-13(10-14(11)17)16(19)18-15-7-5-3-4-6-12(15)2/h11-15H,3-10,17H2,1-2H3,(H,18,19). The number of carbonyl (C=O) groups excluding carboxylic acids is 1. The highest BCUT2D eigenvalue weighted by atomic mass is 16.1. The summed E-state index contributed by atoms with van der Waals surface area (Å²) in [5.74, 6) is 1.62. The summed E-state index contributed by atoms with van der Waals surface area (Å²) in [6, 6.07) is 0.599. The van der Waals surface area contributed by atoms with Gasteiger partial charge < -0.3 is 11.1 Å². The van der Waals surface area contributed by atoms with E-state index in [-0.39, 0.29) is 17.9 Å². The molecule has 0 bridgehead atoms. The summed E-state index contributed by atoms with van der Waals surface area (Å²) in [5, 5.41) is 3.32. The van der Waals surface area contributed by atoms with E-state index in [0.29, 0.717) is 17.9 Å². The third-order valence-electron chi connectivity index (χ3n) is 5.32. The van der Waals surface area contributed by atoms with E-state index in [1.807, 2.05) is 0 Å². The van der Waals surface area contributed by atoms with Crippen molar-refractivity contribution < 1.29 is 4.79 Å². The number of amides is 1. The van der Waals surface area contributed by atoms with Gasteiger partial charge in [0.15, 0.2) is 0 Å². The highest BCUT2D eigenvalue weighted by molar-refractivity contribution is 5.79.